The van der Waals surface area contributed by atoms with Crippen molar-refractivity contribution in [2.75, 3.05) is 53.6 Å². The predicted molar refractivity (Wildman–Crippen MR) is 139 cm³/mol. The van der Waals surface area contributed by atoms with Gasteiger partial charge in [0.2, 0.25) is 10.0 Å². The average molecular weight is 529 g/mol. The van der Waals surface area contributed by atoms with Gasteiger partial charge in [-0.05, 0) is 48.5 Å². The molecule has 0 amide bonds. The van der Waals surface area contributed by atoms with E-state index in [9.17, 15) is 13.5 Å². The van der Waals surface area contributed by atoms with E-state index in [-0.39, 0.29) is 11.5 Å². The van der Waals surface area contributed by atoms with Gasteiger partial charge in [0, 0.05) is 38.8 Å². The minimum absolute atomic E-state index is 0.128. The van der Waals surface area contributed by atoms with Crippen LogP contribution in [0.1, 0.15) is 0 Å². The number of methoxy groups -OCH3 is 2. The Hall–Kier alpha value is -3.31. The molecular weight excluding hydrogens is 496 g/mol. The molecule has 4 rings (SSSR count). The lowest BCUT2D eigenvalue weighted by Gasteiger charge is -2.34. The van der Waals surface area contributed by atoms with Crippen LogP contribution in [0.5, 0.6) is 28.7 Å². The monoisotopic (exact) mass is 528 g/mol. The molecule has 9 nitrogen and oxygen atoms in total. The third kappa shape index (κ3) is 6.92. The molecule has 1 aliphatic heterocycles. The first-order valence-electron chi connectivity index (χ1n) is 12.0. The van der Waals surface area contributed by atoms with Crippen molar-refractivity contribution in [3.05, 3.63) is 72.8 Å². The summed E-state index contributed by atoms with van der Waals surface area (Å²) in [4.78, 5) is 2.19. The first-order valence-corrected chi connectivity index (χ1v) is 13.4. The van der Waals surface area contributed by atoms with Crippen LogP contribution >= 0.6 is 0 Å². The molecule has 0 bridgehead atoms. The van der Waals surface area contributed by atoms with Crippen LogP contribution in [-0.4, -0.2) is 82.4 Å². The van der Waals surface area contributed by atoms with E-state index in [4.69, 9.17) is 18.9 Å². The lowest BCUT2D eigenvalue weighted by atomic mass is 10.3. The van der Waals surface area contributed by atoms with Crippen LogP contribution in [0.2, 0.25) is 0 Å². The minimum Gasteiger partial charge on any atom is -0.493 e. The molecular formula is C27H32N2O7S. The zero-order chi connectivity index (χ0) is 26.3. The Morgan fingerprint density at radius 1 is 0.811 bits per heavy atom. The van der Waals surface area contributed by atoms with Crippen molar-refractivity contribution < 1.29 is 32.5 Å². The van der Waals surface area contributed by atoms with Gasteiger partial charge in [0.25, 0.3) is 0 Å². The Kier molecular flexibility index (Phi) is 8.88. The summed E-state index contributed by atoms with van der Waals surface area (Å²) in [5.74, 6) is 2.91. The molecule has 0 unspecified atom stereocenters. The number of hydrogen-bond donors (Lipinski definition) is 1. The minimum atomic E-state index is -3.67. The van der Waals surface area contributed by atoms with Crippen LogP contribution in [0.3, 0.4) is 0 Å². The van der Waals surface area contributed by atoms with Crippen LogP contribution in [0.25, 0.3) is 0 Å². The Bertz CT molecular complexity index is 1250. The van der Waals surface area contributed by atoms with Crippen molar-refractivity contribution in [3.63, 3.8) is 0 Å². The van der Waals surface area contributed by atoms with Crippen LogP contribution in [0.15, 0.2) is 77.7 Å². The Balaban J connectivity index is 1.23. The number of sulfonamides is 1. The number of para-hydroxylation sites is 1. The Morgan fingerprint density at radius 2 is 1.43 bits per heavy atom. The summed E-state index contributed by atoms with van der Waals surface area (Å²) in [5, 5.41) is 10.5. The highest BCUT2D eigenvalue weighted by Gasteiger charge is 2.30. The second-order valence-electron chi connectivity index (χ2n) is 8.57. The molecule has 0 aromatic heterocycles. The fourth-order valence-corrected chi connectivity index (χ4v) is 5.49. The number of aliphatic hydroxyl groups excluding tert-OH is 1. The van der Waals surface area contributed by atoms with Gasteiger partial charge in [-0.25, -0.2) is 8.42 Å². The second kappa shape index (κ2) is 12.3. The van der Waals surface area contributed by atoms with Gasteiger partial charge in [-0.15, -0.1) is 0 Å². The van der Waals surface area contributed by atoms with Gasteiger partial charge in [-0.3, -0.25) is 4.90 Å². The van der Waals surface area contributed by atoms with E-state index < -0.39 is 16.1 Å². The van der Waals surface area contributed by atoms with E-state index in [2.05, 4.69) is 0 Å². The Morgan fingerprint density at radius 3 is 2.08 bits per heavy atom. The van der Waals surface area contributed by atoms with E-state index in [0.717, 1.165) is 5.75 Å². The van der Waals surface area contributed by atoms with Crippen molar-refractivity contribution in [2.45, 2.75) is 11.0 Å². The number of ether oxygens (including phenoxy) is 4. The van der Waals surface area contributed by atoms with Gasteiger partial charge in [0.1, 0.15) is 30.0 Å². The molecule has 1 atom stereocenters. The summed E-state index contributed by atoms with van der Waals surface area (Å²) >= 11 is 0. The molecule has 1 aliphatic rings. The quantitative estimate of drug-likeness (QED) is 0.405. The average Bonchev–Trinajstić information content (AvgIpc) is 2.93. The lowest BCUT2D eigenvalue weighted by Crippen LogP contribution is -2.50. The van der Waals surface area contributed by atoms with Crippen molar-refractivity contribution in [2.24, 2.45) is 0 Å². The van der Waals surface area contributed by atoms with Gasteiger partial charge < -0.3 is 24.1 Å². The summed E-state index contributed by atoms with van der Waals surface area (Å²) in [6.07, 6.45) is -0.714. The van der Waals surface area contributed by atoms with E-state index in [1.54, 1.807) is 18.2 Å². The Labute approximate surface area is 217 Å². The molecule has 3 aromatic rings. The molecule has 0 saturated carbocycles. The van der Waals surface area contributed by atoms with Gasteiger partial charge in [-0.1, -0.05) is 18.2 Å². The van der Waals surface area contributed by atoms with Gasteiger partial charge >= 0.3 is 0 Å². The third-order valence-electron chi connectivity index (χ3n) is 6.04. The van der Waals surface area contributed by atoms with Crippen molar-refractivity contribution in [1.82, 2.24) is 9.21 Å². The SMILES string of the molecule is COc1ccc(S(=O)(=O)N2CCN(C[C@H](O)COc3ccc(Oc4ccccc4)cc3)CC2)cc1OC. The number of benzene rings is 3. The number of hydrogen-bond acceptors (Lipinski definition) is 8. The molecule has 0 spiro atoms. The normalized spacial score (nSPS) is 15.6. The fourth-order valence-electron chi connectivity index (χ4n) is 4.05. The molecule has 1 heterocycles. The largest absolute Gasteiger partial charge is 0.493 e. The highest BCUT2D eigenvalue weighted by Crippen LogP contribution is 2.31. The van der Waals surface area contributed by atoms with Crippen molar-refractivity contribution in [3.8, 4) is 28.7 Å². The van der Waals surface area contributed by atoms with Crippen molar-refractivity contribution in [1.29, 1.82) is 0 Å². The number of aliphatic hydroxyl groups is 1. The van der Waals surface area contributed by atoms with Crippen LogP contribution < -0.4 is 18.9 Å². The molecule has 1 N–H and O–H groups in total. The summed E-state index contributed by atoms with van der Waals surface area (Å²) in [7, 11) is -0.695. The zero-order valence-corrected chi connectivity index (χ0v) is 21.8. The van der Waals surface area contributed by atoms with Crippen LogP contribution in [-0.2, 0) is 10.0 Å². The van der Waals surface area contributed by atoms with E-state index in [0.29, 0.717) is 55.7 Å². The van der Waals surface area contributed by atoms with Crippen LogP contribution in [0, 0.1) is 0 Å². The highest BCUT2D eigenvalue weighted by molar-refractivity contribution is 7.89. The summed E-state index contributed by atoms with van der Waals surface area (Å²) in [6, 6.07) is 21.3. The summed E-state index contributed by atoms with van der Waals surface area (Å²) in [5.41, 5.74) is 0. The predicted octanol–water partition coefficient (Wildman–Crippen LogP) is 3.24. The first kappa shape index (κ1) is 26.7. The van der Waals surface area contributed by atoms with E-state index >= 15 is 0 Å². The molecule has 1 saturated heterocycles. The molecule has 37 heavy (non-hydrogen) atoms. The fraction of sp³-hybridized carbons (Fsp3) is 0.333. The summed E-state index contributed by atoms with van der Waals surface area (Å²) < 4.78 is 49.6. The number of nitrogens with zero attached hydrogens (tertiary/aromatic N) is 2. The second-order valence-corrected chi connectivity index (χ2v) is 10.5. The maximum Gasteiger partial charge on any atom is 0.243 e. The van der Waals surface area contributed by atoms with Gasteiger partial charge in [-0.2, -0.15) is 4.31 Å². The maximum atomic E-state index is 13.1. The highest BCUT2D eigenvalue weighted by atomic mass is 32.2. The lowest BCUT2D eigenvalue weighted by molar-refractivity contribution is 0.0569. The van der Waals surface area contributed by atoms with Gasteiger partial charge in [0.15, 0.2) is 11.5 Å². The number of piperazine rings is 1. The molecule has 0 radical (unpaired) electrons. The van der Waals surface area contributed by atoms with Crippen molar-refractivity contribution >= 4 is 10.0 Å². The van der Waals surface area contributed by atoms with E-state index in [1.165, 1.54) is 30.7 Å². The maximum absolute atomic E-state index is 13.1. The van der Waals surface area contributed by atoms with E-state index in [1.807, 2.05) is 47.4 Å². The molecule has 198 valence electrons. The zero-order valence-electron chi connectivity index (χ0n) is 20.9. The third-order valence-corrected chi connectivity index (χ3v) is 7.93. The molecule has 3 aromatic carbocycles. The standard InChI is InChI=1S/C27H32N2O7S/c1-33-26-13-12-25(18-27(26)34-2)37(31,32)29-16-14-28(15-17-29)19-21(30)20-35-22-8-10-24(11-9-22)36-23-6-4-3-5-7-23/h3-13,18,21,30H,14-17,19-20H2,1-2H3/t21-/m0/s1. The molecule has 1 fully saturated rings. The number of rotatable bonds is 11. The summed E-state index contributed by atoms with van der Waals surface area (Å²) in [6.45, 7) is 2.19. The smallest absolute Gasteiger partial charge is 0.243 e. The first-order chi connectivity index (χ1) is 17.9. The topological polar surface area (TPSA) is 97.8 Å². The van der Waals surface area contributed by atoms with Gasteiger partial charge in [0.05, 0.1) is 19.1 Å². The number of β-amino-alcohol motifs (C(OH)–C–C–N with tert-alkyl or cyclic N) is 1. The molecule has 0 aliphatic carbocycles. The molecule has 10 heteroatoms. The van der Waals surface area contributed by atoms with Crippen LogP contribution in [0.4, 0.5) is 0 Å².